The van der Waals surface area contributed by atoms with Crippen molar-refractivity contribution in [3.63, 3.8) is 0 Å². The topological polar surface area (TPSA) is 79.5 Å². The van der Waals surface area contributed by atoms with Gasteiger partial charge in [0.25, 0.3) is 5.56 Å². The summed E-state index contributed by atoms with van der Waals surface area (Å²) in [5, 5.41) is 7.18. The third-order valence-corrected chi connectivity index (χ3v) is 9.88. The number of ether oxygens (including phenoxy) is 1. The third-order valence-electron chi connectivity index (χ3n) is 8.90. The highest BCUT2D eigenvalue weighted by Gasteiger charge is 2.33. The maximum absolute atomic E-state index is 14.1. The van der Waals surface area contributed by atoms with Crippen molar-refractivity contribution in [1.82, 2.24) is 4.57 Å². The van der Waals surface area contributed by atoms with Gasteiger partial charge in [-0.25, -0.2) is 9.79 Å². The van der Waals surface area contributed by atoms with Crippen LogP contribution in [0.2, 0.25) is 0 Å². The van der Waals surface area contributed by atoms with Crippen LogP contribution in [-0.2, 0) is 9.53 Å². The molecule has 0 aliphatic carbocycles. The summed E-state index contributed by atoms with van der Waals surface area (Å²) >= 11 is 1.32. The molecule has 49 heavy (non-hydrogen) atoms. The number of esters is 1. The SMILES string of the molecule is CCOC(=O)C1=C(C)N=c2sc(=Cc3ccc(N4N=C(c5ccccc5)CC4c4ccccc4)cc3)c(=O)n2C1c1ccc(N(C)C)cc1. The quantitative estimate of drug-likeness (QED) is 0.184. The van der Waals surface area contributed by atoms with E-state index in [4.69, 9.17) is 14.8 Å². The number of benzene rings is 4. The highest BCUT2D eigenvalue weighted by Crippen LogP contribution is 2.37. The molecule has 0 fully saturated rings. The van der Waals surface area contributed by atoms with Crippen LogP contribution in [0.4, 0.5) is 11.4 Å². The predicted octanol–water partition coefficient (Wildman–Crippen LogP) is 6.22. The normalized spacial score (nSPS) is 17.4. The zero-order valence-electron chi connectivity index (χ0n) is 27.9. The third kappa shape index (κ3) is 6.25. The zero-order chi connectivity index (χ0) is 34.1. The van der Waals surface area contributed by atoms with Gasteiger partial charge in [0.2, 0.25) is 0 Å². The van der Waals surface area contributed by atoms with Crippen LogP contribution in [0.15, 0.2) is 135 Å². The first-order valence-corrected chi connectivity index (χ1v) is 17.2. The van der Waals surface area contributed by atoms with Gasteiger partial charge in [-0.3, -0.25) is 14.4 Å². The summed E-state index contributed by atoms with van der Waals surface area (Å²) in [5.74, 6) is -0.468. The molecule has 8 nitrogen and oxygen atoms in total. The van der Waals surface area contributed by atoms with Crippen LogP contribution in [0.3, 0.4) is 0 Å². The highest BCUT2D eigenvalue weighted by molar-refractivity contribution is 7.07. The fourth-order valence-corrected chi connectivity index (χ4v) is 7.47. The average molecular weight is 668 g/mol. The number of aromatic nitrogens is 1. The molecule has 0 bridgehead atoms. The second-order valence-electron chi connectivity index (χ2n) is 12.3. The van der Waals surface area contributed by atoms with Gasteiger partial charge in [0.1, 0.15) is 0 Å². The molecule has 7 rings (SSSR count). The number of carbonyl (C=O) groups excluding carboxylic acids is 1. The first-order chi connectivity index (χ1) is 23.8. The lowest BCUT2D eigenvalue weighted by Gasteiger charge is -2.25. The number of nitrogens with zero attached hydrogens (tertiary/aromatic N) is 5. The van der Waals surface area contributed by atoms with Crippen molar-refractivity contribution in [2.75, 3.05) is 30.6 Å². The van der Waals surface area contributed by atoms with E-state index in [0.29, 0.717) is 20.6 Å². The number of carbonyl (C=O) groups is 1. The summed E-state index contributed by atoms with van der Waals surface area (Å²) in [4.78, 5) is 34.7. The maximum atomic E-state index is 14.1. The number of fused-ring (bicyclic) bond motifs is 1. The number of hydrogen-bond acceptors (Lipinski definition) is 8. The summed E-state index contributed by atoms with van der Waals surface area (Å²) < 4.78 is 7.61. The van der Waals surface area contributed by atoms with E-state index >= 15 is 0 Å². The van der Waals surface area contributed by atoms with Crippen molar-refractivity contribution in [3.05, 3.63) is 162 Å². The molecule has 0 N–H and O–H groups in total. The van der Waals surface area contributed by atoms with Crippen LogP contribution < -0.4 is 24.8 Å². The molecule has 4 aromatic carbocycles. The van der Waals surface area contributed by atoms with Gasteiger partial charge in [0.05, 0.1) is 45.9 Å². The van der Waals surface area contributed by atoms with E-state index in [-0.39, 0.29) is 18.2 Å². The molecule has 0 amide bonds. The first-order valence-electron chi connectivity index (χ1n) is 16.4. The number of anilines is 2. The molecule has 1 aromatic heterocycles. The second-order valence-corrected chi connectivity index (χ2v) is 13.3. The minimum Gasteiger partial charge on any atom is -0.463 e. The summed E-state index contributed by atoms with van der Waals surface area (Å²) in [6.07, 6.45) is 2.68. The largest absolute Gasteiger partial charge is 0.463 e. The summed E-state index contributed by atoms with van der Waals surface area (Å²) in [6, 6.07) is 36.2. The minimum absolute atomic E-state index is 0.0644. The lowest BCUT2D eigenvalue weighted by molar-refractivity contribution is -0.139. The summed E-state index contributed by atoms with van der Waals surface area (Å²) in [6.45, 7) is 3.80. The van der Waals surface area contributed by atoms with Crippen molar-refractivity contribution in [2.45, 2.75) is 32.4 Å². The molecule has 2 aliphatic heterocycles. The molecule has 246 valence electrons. The Morgan fingerprint density at radius 3 is 2.24 bits per heavy atom. The Bertz CT molecular complexity index is 2240. The lowest BCUT2D eigenvalue weighted by atomic mass is 9.95. The number of allylic oxidation sites excluding steroid dienone is 1. The van der Waals surface area contributed by atoms with Crippen LogP contribution in [0.25, 0.3) is 6.08 Å². The Balaban J connectivity index is 1.26. The molecular formula is C40H37N5O3S. The molecule has 0 radical (unpaired) electrons. The maximum Gasteiger partial charge on any atom is 0.338 e. The van der Waals surface area contributed by atoms with Crippen LogP contribution in [0.1, 0.15) is 54.6 Å². The van der Waals surface area contributed by atoms with Gasteiger partial charge in [-0.05, 0) is 66.4 Å². The first kappa shape index (κ1) is 32.0. The molecule has 9 heteroatoms. The molecule has 2 aliphatic rings. The molecular weight excluding hydrogens is 631 g/mol. The molecule has 2 atom stereocenters. The van der Waals surface area contributed by atoms with Crippen molar-refractivity contribution in [3.8, 4) is 0 Å². The second kappa shape index (κ2) is 13.5. The van der Waals surface area contributed by atoms with E-state index in [1.54, 1.807) is 18.4 Å². The molecule has 2 unspecified atom stereocenters. The van der Waals surface area contributed by atoms with Crippen molar-refractivity contribution < 1.29 is 9.53 Å². The smallest absolute Gasteiger partial charge is 0.338 e. The standard InChI is InChI=1S/C40H37N5O3S/c1-5-48-39(47)36-26(2)41-40-44(37(36)30-18-22-31(23-19-30)43(3)4)38(46)35(49-40)24-27-16-20-32(21-17-27)45-34(29-14-10-7-11-15-29)25-33(42-45)28-12-8-6-9-13-28/h6-24,34,37H,5,25H2,1-4H3. The van der Waals surface area contributed by atoms with E-state index in [2.05, 4.69) is 41.4 Å². The van der Waals surface area contributed by atoms with Gasteiger partial charge in [-0.2, -0.15) is 5.10 Å². The molecule has 0 spiro atoms. The Labute approximate surface area is 289 Å². The fourth-order valence-electron chi connectivity index (χ4n) is 6.42. The Hall–Kier alpha value is -5.54. The lowest BCUT2D eigenvalue weighted by Crippen LogP contribution is -2.39. The monoisotopic (exact) mass is 667 g/mol. The number of thiazole rings is 1. The molecule has 0 saturated carbocycles. The van der Waals surface area contributed by atoms with Crippen LogP contribution >= 0.6 is 11.3 Å². The number of hydrogen-bond donors (Lipinski definition) is 0. The Kier molecular flexibility index (Phi) is 8.84. The van der Waals surface area contributed by atoms with E-state index in [1.165, 1.54) is 16.9 Å². The minimum atomic E-state index is -0.655. The van der Waals surface area contributed by atoms with Crippen LogP contribution in [0.5, 0.6) is 0 Å². The highest BCUT2D eigenvalue weighted by atomic mass is 32.1. The number of hydrazone groups is 1. The number of rotatable bonds is 8. The van der Waals surface area contributed by atoms with E-state index in [1.807, 2.05) is 97.9 Å². The van der Waals surface area contributed by atoms with Gasteiger partial charge in [-0.1, -0.05) is 96.3 Å². The van der Waals surface area contributed by atoms with Gasteiger partial charge in [0.15, 0.2) is 4.80 Å². The van der Waals surface area contributed by atoms with Crippen molar-refractivity contribution in [1.29, 1.82) is 0 Å². The van der Waals surface area contributed by atoms with Gasteiger partial charge in [-0.15, -0.1) is 0 Å². The van der Waals surface area contributed by atoms with E-state index < -0.39 is 12.0 Å². The molecule has 3 heterocycles. The molecule has 5 aromatic rings. The Morgan fingerprint density at radius 1 is 0.918 bits per heavy atom. The van der Waals surface area contributed by atoms with Gasteiger partial charge in [0, 0.05) is 26.2 Å². The van der Waals surface area contributed by atoms with Crippen molar-refractivity contribution >= 4 is 40.5 Å². The van der Waals surface area contributed by atoms with Gasteiger partial charge >= 0.3 is 5.97 Å². The Morgan fingerprint density at radius 2 is 1.59 bits per heavy atom. The van der Waals surface area contributed by atoms with Crippen LogP contribution in [0, 0.1) is 0 Å². The molecule has 0 saturated heterocycles. The van der Waals surface area contributed by atoms with Gasteiger partial charge < -0.3 is 9.64 Å². The summed E-state index contributed by atoms with van der Waals surface area (Å²) in [7, 11) is 3.95. The average Bonchev–Trinajstić information content (AvgIpc) is 3.70. The van der Waals surface area contributed by atoms with E-state index in [9.17, 15) is 9.59 Å². The predicted molar refractivity (Wildman–Crippen MR) is 197 cm³/mol. The summed E-state index contributed by atoms with van der Waals surface area (Å²) in [5.41, 5.74) is 7.75. The zero-order valence-corrected chi connectivity index (χ0v) is 28.7. The van der Waals surface area contributed by atoms with E-state index in [0.717, 1.165) is 40.2 Å². The van der Waals surface area contributed by atoms with Crippen molar-refractivity contribution in [2.24, 2.45) is 10.1 Å². The van der Waals surface area contributed by atoms with Crippen LogP contribution in [-0.4, -0.2) is 37.0 Å². The fraction of sp³-hybridized carbons (Fsp3) is 0.200.